The van der Waals surface area contributed by atoms with E-state index in [-0.39, 0.29) is 21.5 Å². The highest BCUT2D eigenvalue weighted by atomic mass is 79.9. The number of hydrogen-bond donors (Lipinski definition) is 1. The number of nitrogens with zero attached hydrogens (tertiary/aromatic N) is 1. The Kier molecular flexibility index (Phi) is 3.85. The van der Waals surface area contributed by atoms with E-state index >= 15 is 0 Å². The highest BCUT2D eigenvalue weighted by molar-refractivity contribution is 9.10. The molecule has 16 heavy (non-hydrogen) atoms. The van der Waals surface area contributed by atoms with Crippen molar-refractivity contribution >= 4 is 21.7 Å². The van der Waals surface area contributed by atoms with Crippen LogP contribution in [0.1, 0.15) is 5.56 Å². The third-order valence-corrected chi connectivity index (χ3v) is 2.46. The second-order valence-corrected chi connectivity index (χ2v) is 3.64. The first-order valence-corrected chi connectivity index (χ1v) is 4.90. The Balaban J connectivity index is 3.46. The van der Waals surface area contributed by atoms with Crippen LogP contribution in [0.4, 0.5) is 8.78 Å². The first-order chi connectivity index (χ1) is 7.52. The lowest BCUT2D eigenvalue weighted by atomic mass is 10.1. The Hall–Kier alpha value is -1.61. The predicted molar refractivity (Wildman–Crippen MR) is 57.8 cm³/mol. The maximum absolute atomic E-state index is 13.5. The number of ether oxygens (including phenoxy) is 1. The standard InChI is InChI=1S/C10H7BrF2N2O/c1-16-10(7(15)4-14)5-2-3-6(11)9(13)8(5)12/h2-3H,15H2,1H3/b10-7-. The quantitative estimate of drug-likeness (QED) is 0.517. The molecule has 0 aliphatic rings. The zero-order valence-corrected chi connectivity index (χ0v) is 9.81. The van der Waals surface area contributed by atoms with Crippen molar-refractivity contribution in [1.29, 1.82) is 5.26 Å². The van der Waals surface area contributed by atoms with Gasteiger partial charge in [-0.1, -0.05) is 0 Å². The van der Waals surface area contributed by atoms with E-state index in [0.717, 1.165) is 0 Å². The molecule has 0 aliphatic carbocycles. The fraction of sp³-hybridized carbons (Fsp3) is 0.100. The van der Waals surface area contributed by atoms with Crippen molar-refractivity contribution in [2.75, 3.05) is 7.11 Å². The van der Waals surface area contributed by atoms with Crippen molar-refractivity contribution in [3.8, 4) is 6.07 Å². The summed E-state index contributed by atoms with van der Waals surface area (Å²) in [7, 11) is 1.22. The van der Waals surface area contributed by atoms with Crippen LogP contribution in [0, 0.1) is 23.0 Å². The van der Waals surface area contributed by atoms with Crippen molar-refractivity contribution in [3.63, 3.8) is 0 Å². The van der Waals surface area contributed by atoms with Crippen molar-refractivity contribution in [2.45, 2.75) is 0 Å². The van der Waals surface area contributed by atoms with E-state index in [4.69, 9.17) is 15.7 Å². The number of methoxy groups -OCH3 is 1. The molecule has 84 valence electrons. The molecule has 1 aromatic carbocycles. The van der Waals surface area contributed by atoms with E-state index < -0.39 is 11.6 Å². The van der Waals surface area contributed by atoms with Crippen molar-refractivity contribution in [3.05, 3.63) is 39.5 Å². The SMILES string of the molecule is CO/C(=C(\N)C#N)c1ccc(Br)c(F)c1F. The van der Waals surface area contributed by atoms with Gasteiger partial charge in [-0.05, 0) is 28.1 Å². The van der Waals surface area contributed by atoms with Crippen molar-refractivity contribution < 1.29 is 13.5 Å². The zero-order valence-electron chi connectivity index (χ0n) is 8.22. The molecular formula is C10H7BrF2N2O. The molecular weight excluding hydrogens is 282 g/mol. The van der Waals surface area contributed by atoms with Gasteiger partial charge in [0.2, 0.25) is 0 Å². The van der Waals surface area contributed by atoms with Crippen LogP contribution in [0.5, 0.6) is 0 Å². The smallest absolute Gasteiger partial charge is 0.173 e. The van der Waals surface area contributed by atoms with Crippen LogP contribution in [0.3, 0.4) is 0 Å². The highest BCUT2D eigenvalue weighted by Gasteiger charge is 2.17. The van der Waals surface area contributed by atoms with E-state index in [1.807, 2.05) is 0 Å². The van der Waals surface area contributed by atoms with Gasteiger partial charge in [-0.25, -0.2) is 8.78 Å². The minimum atomic E-state index is -1.12. The fourth-order valence-electron chi connectivity index (χ4n) is 1.12. The summed E-state index contributed by atoms with van der Waals surface area (Å²) in [6.07, 6.45) is 0. The average molecular weight is 289 g/mol. The van der Waals surface area contributed by atoms with Crippen molar-refractivity contribution in [1.82, 2.24) is 0 Å². The molecule has 2 N–H and O–H groups in total. The zero-order chi connectivity index (χ0) is 12.3. The van der Waals surface area contributed by atoms with E-state index in [9.17, 15) is 8.78 Å². The molecule has 0 bridgehead atoms. The fourth-order valence-corrected chi connectivity index (χ4v) is 1.42. The van der Waals surface area contributed by atoms with E-state index in [2.05, 4.69) is 15.9 Å². The molecule has 0 amide bonds. The second kappa shape index (κ2) is 4.94. The van der Waals surface area contributed by atoms with Gasteiger partial charge in [0.15, 0.2) is 23.1 Å². The van der Waals surface area contributed by atoms with E-state index in [0.29, 0.717) is 0 Å². The van der Waals surface area contributed by atoms with Crippen LogP contribution >= 0.6 is 15.9 Å². The number of nitrogens with two attached hydrogens (primary N) is 1. The lowest BCUT2D eigenvalue weighted by Crippen LogP contribution is -2.04. The van der Waals surface area contributed by atoms with Gasteiger partial charge in [-0.2, -0.15) is 5.26 Å². The van der Waals surface area contributed by atoms with Gasteiger partial charge in [-0.15, -0.1) is 0 Å². The van der Waals surface area contributed by atoms with E-state index in [1.54, 1.807) is 6.07 Å². The van der Waals surface area contributed by atoms with Crippen LogP contribution in [-0.4, -0.2) is 7.11 Å². The van der Waals surface area contributed by atoms with Gasteiger partial charge < -0.3 is 10.5 Å². The Morgan fingerprint density at radius 3 is 2.56 bits per heavy atom. The third kappa shape index (κ3) is 2.14. The molecule has 1 aromatic rings. The van der Waals surface area contributed by atoms with Gasteiger partial charge in [0.1, 0.15) is 6.07 Å². The van der Waals surface area contributed by atoms with Crippen molar-refractivity contribution in [2.24, 2.45) is 5.73 Å². The summed E-state index contributed by atoms with van der Waals surface area (Å²) in [5, 5.41) is 8.57. The molecule has 0 spiro atoms. The van der Waals surface area contributed by atoms with Crippen LogP contribution in [0.15, 0.2) is 22.3 Å². The van der Waals surface area contributed by atoms with Gasteiger partial charge in [0, 0.05) is 0 Å². The summed E-state index contributed by atoms with van der Waals surface area (Å²) in [4.78, 5) is 0. The maximum atomic E-state index is 13.5. The average Bonchev–Trinajstić information content (AvgIpc) is 2.29. The summed E-state index contributed by atoms with van der Waals surface area (Å²) < 4.78 is 31.5. The largest absolute Gasteiger partial charge is 0.493 e. The lowest BCUT2D eigenvalue weighted by molar-refractivity contribution is 0.362. The minimum Gasteiger partial charge on any atom is -0.493 e. The lowest BCUT2D eigenvalue weighted by Gasteiger charge is -2.09. The highest BCUT2D eigenvalue weighted by Crippen LogP contribution is 2.26. The van der Waals surface area contributed by atoms with Crippen LogP contribution < -0.4 is 5.73 Å². The monoisotopic (exact) mass is 288 g/mol. The minimum absolute atomic E-state index is 0.0141. The van der Waals surface area contributed by atoms with Gasteiger partial charge in [0.25, 0.3) is 0 Å². The Morgan fingerprint density at radius 1 is 1.44 bits per heavy atom. The number of allylic oxidation sites excluding steroid dienone is 1. The molecule has 0 heterocycles. The Bertz CT molecular complexity index is 494. The number of hydrogen-bond acceptors (Lipinski definition) is 3. The van der Waals surface area contributed by atoms with E-state index in [1.165, 1.54) is 19.2 Å². The van der Waals surface area contributed by atoms with Crippen LogP contribution in [0.2, 0.25) is 0 Å². The topological polar surface area (TPSA) is 59.0 Å². The number of rotatable bonds is 2. The molecule has 0 fully saturated rings. The molecule has 0 radical (unpaired) electrons. The normalized spacial score (nSPS) is 11.7. The molecule has 3 nitrogen and oxygen atoms in total. The Labute approximate surface area is 99.2 Å². The molecule has 6 heteroatoms. The van der Waals surface area contributed by atoms with Crippen LogP contribution in [0.25, 0.3) is 5.76 Å². The second-order valence-electron chi connectivity index (χ2n) is 2.78. The first kappa shape index (κ1) is 12.5. The van der Waals surface area contributed by atoms with Gasteiger partial charge >= 0.3 is 0 Å². The predicted octanol–water partition coefficient (Wildman–Crippen LogP) is 2.52. The first-order valence-electron chi connectivity index (χ1n) is 4.10. The Morgan fingerprint density at radius 2 is 2.06 bits per heavy atom. The summed E-state index contributed by atoms with van der Waals surface area (Å²) in [5.41, 5.74) is 4.80. The molecule has 1 rings (SSSR count). The van der Waals surface area contributed by atoms with Gasteiger partial charge in [0.05, 0.1) is 17.1 Å². The van der Waals surface area contributed by atoms with Crippen LogP contribution in [-0.2, 0) is 4.74 Å². The molecule has 0 unspecified atom stereocenters. The molecule has 0 atom stereocenters. The summed E-state index contributed by atoms with van der Waals surface area (Å²) in [5.74, 6) is -2.37. The third-order valence-electron chi connectivity index (χ3n) is 1.85. The number of nitriles is 1. The molecule has 0 aliphatic heterocycles. The summed E-state index contributed by atoms with van der Waals surface area (Å²) in [6.45, 7) is 0. The molecule has 0 aromatic heterocycles. The number of halogens is 3. The molecule has 0 saturated carbocycles. The van der Waals surface area contributed by atoms with Gasteiger partial charge in [-0.3, -0.25) is 0 Å². The maximum Gasteiger partial charge on any atom is 0.173 e. The summed E-state index contributed by atoms with van der Waals surface area (Å²) >= 11 is 2.84. The number of benzene rings is 1. The molecule has 0 saturated heterocycles. The summed E-state index contributed by atoms with van der Waals surface area (Å²) in [6, 6.07) is 4.18.